The second kappa shape index (κ2) is 8.36. The summed E-state index contributed by atoms with van der Waals surface area (Å²) in [6.45, 7) is 3.93. The van der Waals surface area contributed by atoms with Crippen molar-refractivity contribution in [3.8, 4) is 11.5 Å². The summed E-state index contributed by atoms with van der Waals surface area (Å²) in [5.41, 5.74) is 2.90. The van der Waals surface area contributed by atoms with Crippen LogP contribution in [0.3, 0.4) is 0 Å². The number of methoxy groups -OCH3 is 2. The first-order valence-electron chi connectivity index (χ1n) is 8.59. The molecule has 1 N–H and O–H groups in total. The Morgan fingerprint density at radius 1 is 1.14 bits per heavy atom. The second-order valence-corrected chi connectivity index (χ2v) is 7.33. The van der Waals surface area contributed by atoms with Gasteiger partial charge < -0.3 is 14.8 Å². The van der Waals surface area contributed by atoms with Crippen LogP contribution in [0, 0.1) is 24.0 Å². The van der Waals surface area contributed by atoms with E-state index in [9.17, 15) is 14.9 Å². The van der Waals surface area contributed by atoms with E-state index in [0.29, 0.717) is 15.8 Å². The summed E-state index contributed by atoms with van der Waals surface area (Å²) < 4.78 is 10.3. The van der Waals surface area contributed by atoms with Crippen LogP contribution in [0.1, 0.15) is 16.7 Å². The maximum absolute atomic E-state index is 12.4. The van der Waals surface area contributed by atoms with Crippen molar-refractivity contribution in [2.45, 2.75) is 13.8 Å². The van der Waals surface area contributed by atoms with Crippen molar-refractivity contribution in [3.63, 3.8) is 0 Å². The first-order chi connectivity index (χ1) is 13.8. The van der Waals surface area contributed by atoms with E-state index in [1.165, 1.54) is 32.4 Å². The van der Waals surface area contributed by atoms with Gasteiger partial charge in [-0.25, -0.2) is 4.99 Å². The minimum Gasteiger partial charge on any atom is -0.493 e. The molecule has 0 spiro atoms. The van der Waals surface area contributed by atoms with Gasteiger partial charge in [0, 0.05) is 0 Å². The van der Waals surface area contributed by atoms with Crippen LogP contribution < -0.4 is 14.8 Å². The van der Waals surface area contributed by atoms with E-state index in [1.807, 2.05) is 32.0 Å². The lowest BCUT2D eigenvalue weighted by Gasteiger charge is -2.08. The Labute approximate surface area is 171 Å². The largest absolute Gasteiger partial charge is 0.493 e. The molecule has 0 aliphatic carbocycles. The highest BCUT2D eigenvalue weighted by Gasteiger charge is 2.26. The van der Waals surface area contributed by atoms with Crippen molar-refractivity contribution in [1.82, 2.24) is 5.32 Å². The number of nitro groups is 1. The van der Waals surface area contributed by atoms with Crippen LogP contribution in [0.15, 0.2) is 40.2 Å². The summed E-state index contributed by atoms with van der Waals surface area (Å²) in [6, 6.07) is 8.57. The van der Waals surface area contributed by atoms with Crippen molar-refractivity contribution in [2.75, 3.05) is 14.2 Å². The molecule has 1 fully saturated rings. The van der Waals surface area contributed by atoms with Gasteiger partial charge in [-0.1, -0.05) is 17.7 Å². The highest BCUT2D eigenvalue weighted by atomic mass is 32.2. The van der Waals surface area contributed by atoms with Crippen molar-refractivity contribution < 1.29 is 19.2 Å². The normalized spacial score (nSPS) is 16.2. The van der Waals surface area contributed by atoms with Gasteiger partial charge in [-0.15, -0.1) is 0 Å². The molecule has 1 saturated heterocycles. The Morgan fingerprint density at radius 2 is 1.83 bits per heavy atom. The third-order valence-electron chi connectivity index (χ3n) is 4.24. The summed E-state index contributed by atoms with van der Waals surface area (Å²) in [5.74, 6) is 0.196. The quantitative estimate of drug-likeness (QED) is 0.449. The second-order valence-electron chi connectivity index (χ2n) is 6.29. The van der Waals surface area contributed by atoms with E-state index in [2.05, 4.69) is 10.3 Å². The minimum absolute atomic E-state index is 0.191. The van der Waals surface area contributed by atoms with Gasteiger partial charge in [-0.3, -0.25) is 14.9 Å². The smallest absolute Gasteiger partial charge is 0.280 e. The molecule has 0 radical (unpaired) electrons. The Balaban J connectivity index is 1.98. The van der Waals surface area contributed by atoms with E-state index in [-0.39, 0.29) is 22.9 Å². The molecule has 1 heterocycles. The molecule has 1 amide bonds. The average molecular weight is 413 g/mol. The lowest BCUT2D eigenvalue weighted by atomic mass is 10.1. The number of hydrogen-bond acceptors (Lipinski definition) is 7. The summed E-state index contributed by atoms with van der Waals surface area (Å²) in [6.07, 6.45) is 1.45. The van der Waals surface area contributed by atoms with Crippen LogP contribution in [0.25, 0.3) is 6.08 Å². The van der Waals surface area contributed by atoms with Crippen LogP contribution in [0.4, 0.5) is 11.4 Å². The van der Waals surface area contributed by atoms with Crippen LogP contribution >= 0.6 is 11.8 Å². The molecule has 150 valence electrons. The van der Waals surface area contributed by atoms with Crippen LogP contribution in [0.5, 0.6) is 11.5 Å². The van der Waals surface area contributed by atoms with Crippen molar-refractivity contribution >= 4 is 40.3 Å². The van der Waals surface area contributed by atoms with Crippen LogP contribution in [-0.4, -0.2) is 30.2 Å². The molecule has 1 aliphatic heterocycles. The molecule has 0 atom stereocenters. The number of amidine groups is 1. The van der Waals surface area contributed by atoms with Gasteiger partial charge in [0.15, 0.2) is 16.7 Å². The number of amides is 1. The van der Waals surface area contributed by atoms with Crippen molar-refractivity contribution in [2.24, 2.45) is 4.99 Å². The van der Waals surface area contributed by atoms with Gasteiger partial charge in [-0.2, -0.15) is 0 Å². The molecule has 3 rings (SSSR count). The number of aryl methyl sites for hydroxylation is 2. The molecule has 2 aromatic rings. The zero-order valence-electron chi connectivity index (χ0n) is 16.3. The lowest BCUT2D eigenvalue weighted by molar-refractivity contribution is -0.385. The lowest BCUT2D eigenvalue weighted by Crippen LogP contribution is -2.19. The number of thioether (sulfide) groups is 1. The molecule has 29 heavy (non-hydrogen) atoms. The monoisotopic (exact) mass is 413 g/mol. The minimum atomic E-state index is -0.531. The maximum Gasteiger partial charge on any atom is 0.280 e. The predicted molar refractivity (Wildman–Crippen MR) is 113 cm³/mol. The Bertz CT molecular complexity index is 1060. The molecule has 9 heteroatoms. The highest BCUT2D eigenvalue weighted by molar-refractivity contribution is 8.18. The molecular formula is C20H19N3O5S. The number of nitrogens with one attached hydrogen (secondary N) is 1. The Kier molecular flexibility index (Phi) is 5.88. The number of carbonyl (C=O) groups is 1. The fourth-order valence-electron chi connectivity index (χ4n) is 2.82. The molecule has 0 aromatic heterocycles. The summed E-state index contributed by atoms with van der Waals surface area (Å²) in [4.78, 5) is 28.1. The van der Waals surface area contributed by atoms with E-state index in [0.717, 1.165) is 28.6 Å². The van der Waals surface area contributed by atoms with E-state index < -0.39 is 4.92 Å². The fraction of sp³-hybridized carbons (Fsp3) is 0.200. The molecule has 8 nitrogen and oxygen atoms in total. The zero-order chi connectivity index (χ0) is 21.1. The van der Waals surface area contributed by atoms with Crippen LogP contribution in [-0.2, 0) is 4.79 Å². The van der Waals surface area contributed by atoms with E-state index in [1.54, 1.807) is 0 Å². The molecule has 0 unspecified atom stereocenters. The number of benzene rings is 2. The van der Waals surface area contributed by atoms with Gasteiger partial charge >= 0.3 is 0 Å². The predicted octanol–water partition coefficient (Wildman–Crippen LogP) is 4.12. The fourth-order valence-corrected chi connectivity index (χ4v) is 3.65. The molecule has 0 bridgehead atoms. The number of nitro benzene ring substituents is 1. The summed E-state index contributed by atoms with van der Waals surface area (Å²) in [5, 5.41) is 14.6. The number of hydrogen-bond donors (Lipinski definition) is 1. The maximum atomic E-state index is 12.4. The number of rotatable bonds is 5. The highest BCUT2D eigenvalue weighted by Crippen LogP contribution is 2.37. The molecule has 1 aliphatic rings. The van der Waals surface area contributed by atoms with E-state index >= 15 is 0 Å². The standard InChI is InChI=1S/C20H19N3O5S/c1-11-5-6-14(12(2)7-11)21-20-22-19(24)18(29-20)9-13-8-16(27-3)17(28-4)10-15(13)23(25)26/h5-10H,1-4H3,(H,21,22,24)/b18-9+. The first kappa shape index (κ1) is 20.4. The number of ether oxygens (including phenoxy) is 2. The SMILES string of the molecule is COc1cc(/C=C2/SC(=Nc3ccc(C)cc3C)NC2=O)c([N+](=O)[O-])cc1OC. The number of aliphatic imine (C=N–C) groups is 1. The molecule has 2 aromatic carbocycles. The topological polar surface area (TPSA) is 103 Å². The third-order valence-corrected chi connectivity index (χ3v) is 5.15. The van der Waals surface area contributed by atoms with Gasteiger partial charge in [0.25, 0.3) is 11.6 Å². The van der Waals surface area contributed by atoms with Gasteiger partial charge in [-0.05, 0) is 49.4 Å². The third kappa shape index (κ3) is 4.40. The van der Waals surface area contributed by atoms with Crippen molar-refractivity contribution in [1.29, 1.82) is 0 Å². The van der Waals surface area contributed by atoms with Crippen LogP contribution in [0.2, 0.25) is 0 Å². The number of nitrogens with zero attached hydrogens (tertiary/aromatic N) is 2. The average Bonchev–Trinajstić information content (AvgIpc) is 3.02. The Morgan fingerprint density at radius 3 is 2.45 bits per heavy atom. The van der Waals surface area contributed by atoms with Crippen molar-refractivity contribution in [3.05, 3.63) is 62.0 Å². The first-order valence-corrected chi connectivity index (χ1v) is 9.41. The molecular weight excluding hydrogens is 394 g/mol. The van der Waals surface area contributed by atoms with Gasteiger partial charge in [0.05, 0.1) is 41.4 Å². The molecule has 0 saturated carbocycles. The number of carbonyl (C=O) groups excluding carboxylic acids is 1. The van der Waals surface area contributed by atoms with Gasteiger partial charge in [0.2, 0.25) is 0 Å². The van der Waals surface area contributed by atoms with E-state index in [4.69, 9.17) is 9.47 Å². The summed E-state index contributed by atoms with van der Waals surface area (Å²) >= 11 is 1.12. The zero-order valence-corrected chi connectivity index (χ0v) is 17.1. The summed E-state index contributed by atoms with van der Waals surface area (Å²) in [7, 11) is 2.84. The Hall–Kier alpha value is -3.33. The van der Waals surface area contributed by atoms with Gasteiger partial charge in [0.1, 0.15) is 0 Å².